The van der Waals surface area contributed by atoms with Crippen molar-refractivity contribution in [3.05, 3.63) is 29.3 Å². The van der Waals surface area contributed by atoms with E-state index in [0.717, 1.165) is 31.4 Å². The van der Waals surface area contributed by atoms with Gasteiger partial charge in [-0.15, -0.1) is 0 Å². The summed E-state index contributed by atoms with van der Waals surface area (Å²) in [5, 5.41) is 3.17. The number of benzene rings is 1. The molecule has 0 aromatic heterocycles. The number of hydrogen-bond acceptors (Lipinski definition) is 2. The molecule has 4 heteroatoms. The molecule has 0 bridgehead atoms. The van der Waals surface area contributed by atoms with E-state index in [-0.39, 0.29) is 0 Å². The number of nitrogens with zero attached hydrogens (tertiary/aromatic N) is 1. The van der Waals surface area contributed by atoms with Gasteiger partial charge in [0.05, 0.1) is 0 Å². The van der Waals surface area contributed by atoms with Crippen molar-refractivity contribution < 1.29 is 4.79 Å². The van der Waals surface area contributed by atoms with E-state index in [1.165, 1.54) is 11.1 Å². The van der Waals surface area contributed by atoms with Crippen LogP contribution in [0.25, 0.3) is 0 Å². The van der Waals surface area contributed by atoms with E-state index in [0.29, 0.717) is 12.6 Å². The highest BCUT2D eigenvalue weighted by Crippen LogP contribution is 2.27. The van der Waals surface area contributed by atoms with Crippen molar-refractivity contribution in [2.75, 3.05) is 11.4 Å². The molecule has 0 spiro atoms. The molecule has 1 aromatic carbocycles. The van der Waals surface area contributed by atoms with Crippen LogP contribution in [0, 0.1) is 0 Å². The number of anilines is 1. The summed E-state index contributed by atoms with van der Waals surface area (Å²) >= 11 is 0. The van der Waals surface area contributed by atoms with Crippen molar-refractivity contribution in [1.82, 2.24) is 5.09 Å². The minimum Gasteiger partial charge on any atom is -0.315 e. The van der Waals surface area contributed by atoms with Gasteiger partial charge in [-0.2, -0.15) is 0 Å². The second kappa shape index (κ2) is 11.7. The van der Waals surface area contributed by atoms with Crippen molar-refractivity contribution in [1.29, 1.82) is 0 Å². The first kappa shape index (κ1) is 20.1. The summed E-state index contributed by atoms with van der Waals surface area (Å²) in [4.78, 5) is 13.1. The lowest BCUT2D eigenvalue weighted by atomic mass is 9.99. The summed E-state index contributed by atoms with van der Waals surface area (Å²) in [6.07, 6.45) is 3.93. The van der Waals surface area contributed by atoms with Crippen LogP contribution in [0.15, 0.2) is 18.2 Å². The van der Waals surface area contributed by atoms with Crippen LogP contribution in [0.3, 0.4) is 0 Å². The van der Waals surface area contributed by atoms with Crippen molar-refractivity contribution >= 4 is 21.5 Å². The smallest absolute Gasteiger partial charge is 0.214 e. The highest BCUT2D eigenvalue weighted by atomic mass is 31.0. The third-order valence-electron chi connectivity index (χ3n) is 3.47. The van der Waals surface area contributed by atoms with Crippen LogP contribution in [0.5, 0.6) is 0 Å². The van der Waals surface area contributed by atoms with Gasteiger partial charge >= 0.3 is 0 Å². The fourth-order valence-corrected chi connectivity index (χ4v) is 2.41. The molecule has 1 amide bonds. The third kappa shape index (κ3) is 6.15. The number of nitrogens with one attached hydrogen (secondary N) is 1. The first-order valence-corrected chi connectivity index (χ1v) is 8.54. The molecule has 21 heavy (non-hydrogen) atoms. The molecule has 2 atom stereocenters. The van der Waals surface area contributed by atoms with Gasteiger partial charge in [0.2, 0.25) is 6.41 Å². The maximum atomic E-state index is 11.3. The SMILES string of the molecule is CC.CCc1cccc(CCC(C)NP)c1N(C=O)CC. The van der Waals surface area contributed by atoms with Gasteiger partial charge in [0.25, 0.3) is 0 Å². The Kier molecular flexibility index (Phi) is 11.2. The lowest BCUT2D eigenvalue weighted by Gasteiger charge is -2.23. The second-order valence-electron chi connectivity index (χ2n) is 4.78. The predicted molar refractivity (Wildman–Crippen MR) is 96.9 cm³/mol. The number of amides is 1. The molecule has 120 valence electrons. The van der Waals surface area contributed by atoms with Gasteiger partial charge in [0, 0.05) is 18.3 Å². The number of aryl methyl sites for hydroxylation is 2. The second-order valence-corrected chi connectivity index (χ2v) is 5.11. The average molecular weight is 310 g/mol. The Bertz CT molecular complexity index is 410. The van der Waals surface area contributed by atoms with Crippen molar-refractivity contribution in [3.63, 3.8) is 0 Å². The number of hydrogen-bond donors (Lipinski definition) is 1. The number of para-hydroxylation sites is 1. The first-order valence-electron chi connectivity index (χ1n) is 7.96. The van der Waals surface area contributed by atoms with Gasteiger partial charge in [-0.3, -0.25) is 9.88 Å². The minimum atomic E-state index is 0.453. The monoisotopic (exact) mass is 310 g/mol. The molecule has 0 fully saturated rings. The van der Waals surface area contributed by atoms with Gasteiger partial charge in [-0.25, -0.2) is 0 Å². The van der Waals surface area contributed by atoms with E-state index < -0.39 is 0 Å². The predicted octanol–water partition coefficient (Wildman–Crippen LogP) is 3.96. The summed E-state index contributed by atoms with van der Waals surface area (Å²) in [7, 11) is 2.56. The molecule has 1 N–H and O–H groups in total. The molecule has 1 aromatic rings. The van der Waals surface area contributed by atoms with E-state index in [1.807, 2.05) is 25.7 Å². The highest BCUT2D eigenvalue weighted by Gasteiger charge is 2.13. The van der Waals surface area contributed by atoms with Gasteiger partial charge in [-0.05, 0) is 44.2 Å². The Morgan fingerprint density at radius 1 is 1.29 bits per heavy atom. The van der Waals surface area contributed by atoms with Gasteiger partial charge < -0.3 is 4.90 Å². The number of rotatable bonds is 8. The molecule has 2 unspecified atom stereocenters. The number of carbonyl (C=O) groups is 1. The Morgan fingerprint density at radius 3 is 2.38 bits per heavy atom. The molecule has 0 saturated heterocycles. The zero-order valence-electron chi connectivity index (χ0n) is 14.1. The average Bonchev–Trinajstić information content (AvgIpc) is 2.56. The Morgan fingerprint density at radius 2 is 1.90 bits per heavy atom. The lowest BCUT2D eigenvalue weighted by Crippen LogP contribution is -2.24. The zero-order valence-corrected chi connectivity index (χ0v) is 15.3. The fraction of sp³-hybridized carbons (Fsp3) is 0.588. The third-order valence-corrected chi connectivity index (χ3v) is 4.04. The van der Waals surface area contributed by atoms with E-state index in [4.69, 9.17) is 0 Å². The summed E-state index contributed by atoms with van der Waals surface area (Å²) < 4.78 is 0. The first-order chi connectivity index (χ1) is 10.2. The van der Waals surface area contributed by atoms with Gasteiger partial charge in [0.1, 0.15) is 0 Å². The van der Waals surface area contributed by atoms with E-state index >= 15 is 0 Å². The van der Waals surface area contributed by atoms with Gasteiger partial charge in [0.15, 0.2) is 0 Å². The summed E-state index contributed by atoms with van der Waals surface area (Å²) in [6.45, 7) is 11.0. The molecular weight excluding hydrogens is 279 g/mol. The fourth-order valence-electron chi connectivity index (χ4n) is 2.24. The molecular formula is C17H31N2OP. The van der Waals surface area contributed by atoms with Crippen LogP contribution in [0.2, 0.25) is 0 Å². The molecule has 0 saturated carbocycles. The minimum absolute atomic E-state index is 0.453. The topological polar surface area (TPSA) is 32.3 Å². The van der Waals surface area contributed by atoms with Crippen LogP contribution in [-0.2, 0) is 17.6 Å². The van der Waals surface area contributed by atoms with Crippen molar-refractivity contribution in [2.24, 2.45) is 0 Å². The standard InChI is InChI=1S/C15H25N2OP.C2H6/c1-4-13-7-6-8-14(10-9-12(3)16-19)15(13)17(5-2)11-18;1-2/h6-8,11-12,16H,4-5,9-10,19H2,1-3H3;1-2H3. The van der Waals surface area contributed by atoms with Crippen LogP contribution in [0.1, 0.15) is 52.2 Å². The summed E-state index contributed by atoms with van der Waals surface area (Å²) in [5.41, 5.74) is 3.62. The molecule has 0 aliphatic carbocycles. The molecule has 0 aliphatic rings. The molecule has 1 rings (SSSR count). The molecule has 3 nitrogen and oxygen atoms in total. The maximum absolute atomic E-state index is 11.3. The normalized spacial score (nSPS) is 11.3. The Hall–Kier alpha value is -0.920. The number of carbonyl (C=O) groups excluding carboxylic acids is 1. The zero-order chi connectivity index (χ0) is 16.3. The van der Waals surface area contributed by atoms with Crippen LogP contribution >= 0.6 is 9.39 Å². The van der Waals surface area contributed by atoms with E-state index in [2.05, 4.69) is 46.5 Å². The molecule has 0 heterocycles. The highest BCUT2D eigenvalue weighted by molar-refractivity contribution is 7.13. The van der Waals surface area contributed by atoms with Gasteiger partial charge in [-0.1, -0.05) is 48.4 Å². The van der Waals surface area contributed by atoms with E-state index in [1.54, 1.807) is 0 Å². The summed E-state index contributed by atoms with van der Waals surface area (Å²) in [6, 6.07) is 6.79. The van der Waals surface area contributed by atoms with E-state index in [9.17, 15) is 4.79 Å². The Balaban J connectivity index is 0.00000191. The quantitative estimate of drug-likeness (QED) is 0.582. The van der Waals surface area contributed by atoms with Crippen molar-refractivity contribution in [2.45, 2.75) is 59.9 Å². The van der Waals surface area contributed by atoms with Crippen molar-refractivity contribution in [3.8, 4) is 0 Å². The molecule has 0 aliphatic heterocycles. The Labute approximate surface area is 132 Å². The van der Waals surface area contributed by atoms with Crippen LogP contribution in [0.4, 0.5) is 5.69 Å². The molecule has 0 radical (unpaired) electrons. The van der Waals surface area contributed by atoms with Crippen LogP contribution in [-0.4, -0.2) is 19.0 Å². The summed E-state index contributed by atoms with van der Waals surface area (Å²) in [5.74, 6) is 0. The maximum Gasteiger partial charge on any atom is 0.214 e. The van der Waals surface area contributed by atoms with Crippen LogP contribution < -0.4 is 9.99 Å². The lowest BCUT2D eigenvalue weighted by molar-refractivity contribution is -0.107. The largest absolute Gasteiger partial charge is 0.315 e.